The molecule has 0 aliphatic heterocycles. The van der Waals surface area contributed by atoms with Crippen molar-refractivity contribution in [3.05, 3.63) is 4.60 Å². The van der Waals surface area contributed by atoms with Crippen molar-refractivity contribution in [3.63, 3.8) is 0 Å². The van der Waals surface area contributed by atoms with Crippen LogP contribution in [0.5, 0.6) is 0 Å². The van der Waals surface area contributed by atoms with Gasteiger partial charge in [0.25, 0.3) is 10.0 Å². The average Bonchev–Trinajstić information content (AvgIpc) is 2.95. The van der Waals surface area contributed by atoms with E-state index in [0.29, 0.717) is 6.54 Å². The van der Waals surface area contributed by atoms with Crippen LogP contribution < -0.4 is 4.72 Å². The Hall–Kier alpha value is -0.120. The highest BCUT2D eigenvalue weighted by Crippen LogP contribution is 2.39. The van der Waals surface area contributed by atoms with E-state index in [-0.39, 0.29) is 14.4 Å². The fraction of sp³-hybridized carbons (Fsp3) is 0.800. The fourth-order valence-corrected chi connectivity index (χ4v) is 5.60. The summed E-state index contributed by atoms with van der Waals surface area (Å²) in [6.07, 6.45) is 6.49. The minimum atomic E-state index is -3.59. The molecule has 19 heavy (non-hydrogen) atoms. The number of hydrogen-bond donors (Lipinski definition) is 1. The number of thioether (sulfide) groups is 1. The smallest absolute Gasteiger partial charge is 0.235 e. The topological polar surface area (TPSA) is 76.9 Å². The molecule has 1 aromatic heterocycles. The predicted octanol–water partition coefficient (Wildman–Crippen LogP) is 1.53. The highest BCUT2D eigenvalue weighted by molar-refractivity contribution is 9.10. The highest BCUT2D eigenvalue weighted by Gasteiger charge is 2.35. The Morgan fingerprint density at radius 2 is 2.11 bits per heavy atom. The van der Waals surface area contributed by atoms with E-state index in [1.165, 1.54) is 17.5 Å². The van der Waals surface area contributed by atoms with Crippen LogP contribution >= 0.6 is 27.7 Å². The average molecular weight is 369 g/mol. The van der Waals surface area contributed by atoms with Gasteiger partial charge in [-0.15, -0.1) is 5.10 Å². The minimum Gasteiger partial charge on any atom is -0.235 e. The molecule has 0 radical (unpaired) electrons. The lowest BCUT2D eigenvalue weighted by Gasteiger charge is -2.26. The summed E-state index contributed by atoms with van der Waals surface area (Å²) < 4.78 is 28.8. The van der Waals surface area contributed by atoms with Crippen LogP contribution in [0.15, 0.2) is 9.63 Å². The summed E-state index contributed by atoms with van der Waals surface area (Å²) in [7, 11) is -2.02. The van der Waals surface area contributed by atoms with Crippen LogP contribution in [-0.2, 0) is 17.1 Å². The maximum Gasteiger partial charge on any atom is 0.260 e. The third-order valence-electron chi connectivity index (χ3n) is 3.52. The summed E-state index contributed by atoms with van der Waals surface area (Å²) >= 11 is 4.87. The number of sulfonamides is 1. The zero-order valence-electron chi connectivity index (χ0n) is 10.9. The third-order valence-corrected chi connectivity index (χ3v) is 7.23. The van der Waals surface area contributed by atoms with Crippen molar-refractivity contribution in [2.45, 2.75) is 35.5 Å². The summed E-state index contributed by atoms with van der Waals surface area (Å²) in [4.78, 5) is 0. The van der Waals surface area contributed by atoms with Gasteiger partial charge in [0.1, 0.15) is 0 Å². The molecule has 0 unspecified atom stereocenters. The van der Waals surface area contributed by atoms with E-state index in [4.69, 9.17) is 0 Å². The second-order valence-electron chi connectivity index (χ2n) is 4.73. The molecule has 9 heteroatoms. The Bertz CT molecular complexity index is 532. The molecule has 6 nitrogen and oxygen atoms in total. The predicted molar refractivity (Wildman–Crippen MR) is 78.6 cm³/mol. The number of hydrogen-bond acceptors (Lipinski definition) is 5. The first-order valence-electron chi connectivity index (χ1n) is 6.00. The summed E-state index contributed by atoms with van der Waals surface area (Å²) in [6, 6.07) is 0. The van der Waals surface area contributed by atoms with E-state index in [9.17, 15) is 8.42 Å². The first-order chi connectivity index (χ1) is 8.90. The van der Waals surface area contributed by atoms with Gasteiger partial charge in [-0.05, 0) is 35.0 Å². The highest BCUT2D eigenvalue weighted by atomic mass is 79.9. The Balaban J connectivity index is 2.14. The first-order valence-corrected chi connectivity index (χ1v) is 9.50. The van der Waals surface area contributed by atoms with Crippen LogP contribution in [0.3, 0.4) is 0 Å². The monoisotopic (exact) mass is 368 g/mol. The van der Waals surface area contributed by atoms with Gasteiger partial charge in [-0.3, -0.25) is 0 Å². The Kier molecular flexibility index (Phi) is 4.59. The summed E-state index contributed by atoms with van der Waals surface area (Å²) in [5.74, 6) is 0. The molecule has 1 aliphatic carbocycles. The number of aryl methyl sites for hydroxylation is 1. The van der Waals surface area contributed by atoms with Crippen LogP contribution in [-0.4, -0.2) is 41.0 Å². The van der Waals surface area contributed by atoms with Gasteiger partial charge in [-0.2, -0.15) is 11.8 Å². The van der Waals surface area contributed by atoms with Crippen molar-refractivity contribution in [2.75, 3.05) is 12.8 Å². The molecule has 1 N–H and O–H groups in total. The Morgan fingerprint density at radius 1 is 1.47 bits per heavy atom. The zero-order valence-corrected chi connectivity index (χ0v) is 14.1. The molecule has 0 amide bonds. The summed E-state index contributed by atoms with van der Waals surface area (Å²) in [5, 5.41) is 7.47. The number of rotatable bonds is 5. The van der Waals surface area contributed by atoms with E-state index in [2.05, 4.69) is 31.0 Å². The molecule has 0 saturated heterocycles. The number of nitrogens with one attached hydrogen (secondary N) is 1. The van der Waals surface area contributed by atoms with E-state index >= 15 is 0 Å². The molecule has 1 heterocycles. The zero-order chi connectivity index (χ0) is 14.1. The van der Waals surface area contributed by atoms with Gasteiger partial charge < -0.3 is 0 Å². The molecule has 0 spiro atoms. The first kappa shape index (κ1) is 15.3. The molecule has 0 atom stereocenters. The Labute approximate surface area is 125 Å². The molecular formula is C10H17BrN4O2S2. The van der Waals surface area contributed by atoms with Crippen molar-refractivity contribution in [3.8, 4) is 0 Å². The van der Waals surface area contributed by atoms with E-state index in [0.717, 1.165) is 12.8 Å². The molecule has 1 saturated carbocycles. The van der Waals surface area contributed by atoms with Crippen molar-refractivity contribution in [2.24, 2.45) is 7.05 Å². The molecule has 0 aromatic carbocycles. The van der Waals surface area contributed by atoms with Crippen LogP contribution in [0.2, 0.25) is 0 Å². The minimum absolute atomic E-state index is 0.0333. The van der Waals surface area contributed by atoms with Crippen LogP contribution in [0, 0.1) is 0 Å². The van der Waals surface area contributed by atoms with Gasteiger partial charge in [0.2, 0.25) is 5.03 Å². The SMILES string of the molecule is CSC1(CNS(=O)(=O)c2c(Br)nnn2C)CCCC1. The number of aromatic nitrogens is 3. The van der Waals surface area contributed by atoms with Crippen molar-refractivity contribution < 1.29 is 8.42 Å². The number of nitrogens with zero attached hydrogens (tertiary/aromatic N) is 3. The lowest BCUT2D eigenvalue weighted by atomic mass is 10.1. The molecule has 0 bridgehead atoms. The van der Waals surface area contributed by atoms with Gasteiger partial charge in [-0.1, -0.05) is 18.1 Å². The summed E-state index contributed by atoms with van der Waals surface area (Å²) in [5.41, 5.74) is 0. The molecule has 1 fully saturated rings. The van der Waals surface area contributed by atoms with E-state index < -0.39 is 10.0 Å². The standard InChI is InChI=1S/C10H17BrN4O2S2/c1-15-9(8(11)13-14-15)19(16,17)12-7-10(18-2)5-3-4-6-10/h12H,3-7H2,1-2H3. The second kappa shape index (κ2) is 5.71. The lowest BCUT2D eigenvalue weighted by molar-refractivity contribution is 0.538. The van der Waals surface area contributed by atoms with Crippen LogP contribution in [0.25, 0.3) is 0 Å². The second-order valence-corrected chi connectivity index (χ2v) is 8.44. The van der Waals surface area contributed by atoms with Gasteiger partial charge >= 0.3 is 0 Å². The van der Waals surface area contributed by atoms with Crippen molar-refractivity contribution in [1.29, 1.82) is 0 Å². The molecule has 108 valence electrons. The van der Waals surface area contributed by atoms with Crippen LogP contribution in [0.4, 0.5) is 0 Å². The summed E-state index contributed by atoms with van der Waals surface area (Å²) in [6.45, 7) is 0.453. The van der Waals surface area contributed by atoms with Gasteiger partial charge in [0.15, 0.2) is 4.60 Å². The molecule has 1 aromatic rings. The normalized spacial score (nSPS) is 18.9. The fourth-order valence-electron chi connectivity index (χ4n) is 2.38. The lowest BCUT2D eigenvalue weighted by Crippen LogP contribution is -2.39. The largest absolute Gasteiger partial charge is 0.260 e. The number of halogens is 1. The Morgan fingerprint density at radius 3 is 2.58 bits per heavy atom. The maximum atomic E-state index is 12.3. The molecule has 2 rings (SSSR count). The van der Waals surface area contributed by atoms with E-state index in [1.807, 2.05) is 6.26 Å². The molecular weight excluding hydrogens is 352 g/mol. The molecule has 1 aliphatic rings. The van der Waals surface area contributed by atoms with Crippen molar-refractivity contribution >= 4 is 37.7 Å². The van der Waals surface area contributed by atoms with Crippen molar-refractivity contribution in [1.82, 2.24) is 19.7 Å². The van der Waals surface area contributed by atoms with Gasteiger partial charge in [0.05, 0.1) is 0 Å². The quantitative estimate of drug-likeness (QED) is 0.852. The third kappa shape index (κ3) is 3.14. The van der Waals surface area contributed by atoms with Gasteiger partial charge in [-0.25, -0.2) is 17.8 Å². The maximum absolute atomic E-state index is 12.3. The van der Waals surface area contributed by atoms with Crippen LogP contribution in [0.1, 0.15) is 25.7 Å². The van der Waals surface area contributed by atoms with Gasteiger partial charge in [0, 0.05) is 18.3 Å². The van der Waals surface area contributed by atoms with E-state index in [1.54, 1.807) is 18.8 Å².